The molecule has 0 saturated heterocycles. The molecule has 102 valence electrons. The first kappa shape index (κ1) is 13.4. The number of nitrogens with one attached hydrogen (secondary N) is 1. The quantitative estimate of drug-likeness (QED) is 0.718. The minimum Gasteiger partial charge on any atom is -0.467 e. The number of hydrogen-bond acceptors (Lipinski definition) is 3. The van der Waals surface area contributed by atoms with Crippen molar-refractivity contribution >= 4 is 35.4 Å². The van der Waals surface area contributed by atoms with Crippen LogP contribution in [-0.2, 0) is 6.54 Å². The Morgan fingerprint density at radius 2 is 2.15 bits per heavy atom. The molecule has 0 bridgehead atoms. The van der Waals surface area contributed by atoms with E-state index >= 15 is 0 Å². The molecule has 1 aromatic carbocycles. The number of aromatic nitrogens is 3. The molecule has 2 heterocycles. The van der Waals surface area contributed by atoms with Gasteiger partial charge in [0.15, 0.2) is 10.6 Å². The highest BCUT2D eigenvalue weighted by molar-refractivity contribution is 7.71. The zero-order chi connectivity index (χ0) is 14.1. The van der Waals surface area contributed by atoms with Crippen LogP contribution in [0.15, 0.2) is 41.0 Å². The zero-order valence-electron chi connectivity index (χ0n) is 10.1. The summed E-state index contributed by atoms with van der Waals surface area (Å²) in [6.07, 6.45) is 1.62. The molecule has 20 heavy (non-hydrogen) atoms. The maximum absolute atomic E-state index is 6.22. The van der Waals surface area contributed by atoms with Crippen molar-refractivity contribution in [1.29, 1.82) is 0 Å². The van der Waals surface area contributed by atoms with E-state index in [0.717, 1.165) is 11.3 Å². The monoisotopic (exact) mass is 325 g/mol. The summed E-state index contributed by atoms with van der Waals surface area (Å²) in [6, 6.07) is 8.95. The van der Waals surface area contributed by atoms with Gasteiger partial charge in [-0.15, -0.1) is 0 Å². The lowest BCUT2D eigenvalue weighted by molar-refractivity contribution is 0.493. The summed E-state index contributed by atoms with van der Waals surface area (Å²) in [4.78, 5) is 0. The van der Waals surface area contributed by atoms with Gasteiger partial charge in [-0.05, 0) is 42.5 Å². The summed E-state index contributed by atoms with van der Waals surface area (Å²) < 4.78 is 7.66. The molecular formula is C13H9Cl2N3OS. The molecular weight excluding hydrogens is 317 g/mol. The molecule has 0 aliphatic carbocycles. The highest BCUT2D eigenvalue weighted by Crippen LogP contribution is 2.29. The first-order valence-electron chi connectivity index (χ1n) is 5.78. The van der Waals surface area contributed by atoms with Crippen LogP contribution in [0.5, 0.6) is 0 Å². The average molecular weight is 326 g/mol. The summed E-state index contributed by atoms with van der Waals surface area (Å²) in [6.45, 7) is 0.483. The Morgan fingerprint density at radius 3 is 2.85 bits per heavy atom. The number of H-pyrrole nitrogens is 1. The summed E-state index contributed by atoms with van der Waals surface area (Å²) in [5.41, 5.74) is 0.759. The highest BCUT2D eigenvalue weighted by Gasteiger charge is 2.13. The van der Waals surface area contributed by atoms with Crippen molar-refractivity contribution in [3.63, 3.8) is 0 Å². The van der Waals surface area contributed by atoms with Gasteiger partial charge in [0.05, 0.1) is 17.8 Å². The smallest absolute Gasteiger partial charge is 0.195 e. The third-order valence-corrected chi connectivity index (χ3v) is 3.68. The number of halogens is 2. The lowest BCUT2D eigenvalue weighted by Crippen LogP contribution is -2.02. The Hall–Kier alpha value is -1.56. The molecule has 0 aliphatic rings. The van der Waals surface area contributed by atoms with E-state index in [-0.39, 0.29) is 0 Å². The largest absolute Gasteiger partial charge is 0.467 e. The summed E-state index contributed by atoms with van der Waals surface area (Å²) in [5.74, 6) is 1.43. The predicted molar refractivity (Wildman–Crippen MR) is 80.7 cm³/mol. The van der Waals surface area contributed by atoms with E-state index in [1.54, 1.807) is 18.4 Å². The van der Waals surface area contributed by atoms with E-state index < -0.39 is 0 Å². The number of benzene rings is 1. The first-order chi connectivity index (χ1) is 9.65. The van der Waals surface area contributed by atoms with Crippen LogP contribution in [0.25, 0.3) is 11.4 Å². The summed E-state index contributed by atoms with van der Waals surface area (Å²) >= 11 is 17.4. The molecule has 2 aromatic heterocycles. The Kier molecular flexibility index (Phi) is 3.65. The van der Waals surface area contributed by atoms with E-state index in [2.05, 4.69) is 10.2 Å². The van der Waals surface area contributed by atoms with Crippen LogP contribution in [0.3, 0.4) is 0 Å². The molecule has 0 amide bonds. The fraction of sp³-hybridized carbons (Fsp3) is 0.0769. The standard InChI is InChI=1S/C13H9Cl2N3OS/c14-8-3-4-10(11(15)6-8)12-16-17-13(20)18(12)7-9-2-1-5-19-9/h1-6H,7H2,(H,17,20). The van der Waals surface area contributed by atoms with Gasteiger partial charge in [-0.2, -0.15) is 5.10 Å². The molecule has 4 nitrogen and oxygen atoms in total. The second kappa shape index (κ2) is 5.44. The van der Waals surface area contributed by atoms with Crippen LogP contribution in [0.2, 0.25) is 10.0 Å². The third kappa shape index (κ3) is 2.52. The van der Waals surface area contributed by atoms with Crippen molar-refractivity contribution in [1.82, 2.24) is 14.8 Å². The lowest BCUT2D eigenvalue weighted by Gasteiger charge is -2.07. The van der Waals surface area contributed by atoms with Crippen molar-refractivity contribution in [3.8, 4) is 11.4 Å². The Morgan fingerprint density at radius 1 is 1.30 bits per heavy atom. The molecule has 0 saturated carbocycles. The van der Waals surface area contributed by atoms with E-state index in [1.807, 2.05) is 22.8 Å². The van der Waals surface area contributed by atoms with Crippen molar-refractivity contribution < 1.29 is 4.42 Å². The molecule has 0 fully saturated rings. The molecule has 0 aliphatic heterocycles. The van der Waals surface area contributed by atoms with Gasteiger partial charge in [0.25, 0.3) is 0 Å². The number of rotatable bonds is 3. The second-order valence-electron chi connectivity index (χ2n) is 4.14. The highest BCUT2D eigenvalue weighted by atomic mass is 35.5. The molecule has 0 atom stereocenters. The minimum atomic E-state index is 0.483. The molecule has 3 aromatic rings. The Bertz CT molecular complexity index is 792. The van der Waals surface area contributed by atoms with Crippen molar-refractivity contribution in [2.75, 3.05) is 0 Å². The van der Waals surface area contributed by atoms with Crippen LogP contribution in [0, 0.1) is 4.77 Å². The van der Waals surface area contributed by atoms with Crippen molar-refractivity contribution in [3.05, 3.63) is 57.2 Å². The van der Waals surface area contributed by atoms with Gasteiger partial charge in [-0.25, -0.2) is 0 Å². The molecule has 0 unspecified atom stereocenters. The Balaban J connectivity index is 2.08. The first-order valence-corrected chi connectivity index (χ1v) is 6.94. The van der Waals surface area contributed by atoms with Crippen LogP contribution >= 0.6 is 35.4 Å². The van der Waals surface area contributed by atoms with Gasteiger partial charge in [0.2, 0.25) is 0 Å². The molecule has 1 N–H and O–H groups in total. The van der Waals surface area contributed by atoms with E-state index in [1.165, 1.54) is 0 Å². The maximum Gasteiger partial charge on any atom is 0.195 e. The maximum atomic E-state index is 6.22. The zero-order valence-corrected chi connectivity index (χ0v) is 12.5. The molecule has 7 heteroatoms. The fourth-order valence-electron chi connectivity index (χ4n) is 1.90. The second-order valence-corrected chi connectivity index (χ2v) is 5.37. The van der Waals surface area contributed by atoms with Gasteiger partial charge >= 0.3 is 0 Å². The molecule has 3 rings (SSSR count). The molecule has 0 radical (unpaired) electrons. The Labute approximate surface area is 129 Å². The SMILES string of the molecule is S=c1[nH]nc(-c2ccc(Cl)cc2Cl)n1Cc1ccco1. The molecule has 0 spiro atoms. The van der Waals surface area contributed by atoms with Crippen molar-refractivity contribution in [2.45, 2.75) is 6.54 Å². The van der Waals surface area contributed by atoms with E-state index in [4.69, 9.17) is 39.8 Å². The lowest BCUT2D eigenvalue weighted by atomic mass is 10.2. The van der Waals surface area contributed by atoms with Crippen LogP contribution in [0.4, 0.5) is 0 Å². The van der Waals surface area contributed by atoms with Gasteiger partial charge in [0, 0.05) is 10.6 Å². The predicted octanol–water partition coefficient (Wildman–Crippen LogP) is 4.56. The van der Waals surface area contributed by atoms with E-state index in [9.17, 15) is 0 Å². The van der Waals surface area contributed by atoms with Crippen molar-refractivity contribution in [2.24, 2.45) is 0 Å². The number of aromatic amines is 1. The third-order valence-electron chi connectivity index (χ3n) is 2.82. The number of hydrogen-bond donors (Lipinski definition) is 1. The van der Waals surface area contributed by atoms with E-state index in [0.29, 0.717) is 27.2 Å². The minimum absolute atomic E-state index is 0.483. The van der Waals surface area contributed by atoms with Crippen LogP contribution in [0.1, 0.15) is 5.76 Å². The normalized spacial score (nSPS) is 10.9. The average Bonchev–Trinajstić information content (AvgIpc) is 3.03. The summed E-state index contributed by atoms with van der Waals surface area (Å²) in [7, 11) is 0. The number of nitrogens with zero attached hydrogens (tertiary/aromatic N) is 2. The van der Waals surface area contributed by atoms with Gasteiger partial charge in [0.1, 0.15) is 5.76 Å². The van der Waals surface area contributed by atoms with Gasteiger partial charge in [-0.1, -0.05) is 23.2 Å². The fourth-order valence-corrected chi connectivity index (χ4v) is 2.59. The van der Waals surface area contributed by atoms with Gasteiger partial charge in [-0.3, -0.25) is 9.67 Å². The van der Waals surface area contributed by atoms with Crippen LogP contribution in [-0.4, -0.2) is 14.8 Å². The topological polar surface area (TPSA) is 46.8 Å². The summed E-state index contributed by atoms with van der Waals surface area (Å²) in [5, 5.41) is 8.10. The number of furan rings is 1. The van der Waals surface area contributed by atoms with Crippen LogP contribution < -0.4 is 0 Å². The van der Waals surface area contributed by atoms with Gasteiger partial charge < -0.3 is 4.42 Å².